The minimum absolute atomic E-state index is 0.0666. The van der Waals surface area contributed by atoms with Gasteiger partial charge in [0.15, 0.2) is 0 Å². The predicted octanol–water partition coefficient (Wildman–Crippen LogP) is 2.56. The Labute approximate surface area is 117 Å². The summed E-state index contributed by atoms with van der Waals surface area (Å²) in [5.74, 6) is 0. The summed E-state index contributed by atoms with van der Waals surface area (Å²) in [7, 11) is 2.14. The van der Waals surface area contributed by atoms with Gasteiger partial charge in [-0.3, -0.25) is 9.58 Å². The molecule has 108 valence electrons. The molecule has 4 heteroatoms. The zero-order valence-corrected chi connectivity index (χ0v) is 12.6. The van der Waals surface area contributed by atoms with Crippen molar-refractivity contribution in [2.45, 2.75) is 64.1 Å². The van der Waals surface area contributed by atoms with E-state index in [2.05, 4.69) is 42.7 Å². The molecule has 0 radical (unpaired) electrons. The SMILES string of the molecule is CCC(C)(CN)N(C)Cc1ccn(C2CCCC2)n1. The third-order valence-electron chi connectivity index (χ3n) is 4.88. The van der Waals surface area contributed by atoms with Crippen LogP contribution in [0.5, 0.6) is 0 Å². The summed E-state index contributed by atoms with van der Waals surface area (Å²) in [4.78, 5) is 2.33. The van der Waals surface area contributed by atoms with E-state index in [0.717, 1.165) is 18.7 Å². The Bertz CT molecular complexity index is 389. The van der Waals surface area contributed by atoms with Gasteiger partial charge in [-0.2, -0.15) is 5.10 Å². The largest absolute Gasteiger partial charge is 0.329 e. The van der Waals surface area contributed by atoms with Crippen molar-refractivity contribution in [2.24, 2.45) is 5.73 Å². The molecule has 1 aliphatic carbocycles. The standard InChI is InChI=1S/C15H28N4/c1-4-15(2,12-16)18(3)11-13-9-10-19(17-13)14-7-5-6-8-14/h9-10,14H,4-8,11-12,16H2,1-3H3. The molecule has 0 bridgehead atoms. The smallest absolute Gasteiger partial charge is 0.0764 e. The van der Waals surface area contributed by atoms with Gasteiger partial charge in [-0.25, -0.2) is 0 Å². The first-order chi connectivity index (χ1) is 9.09. The third-order valence-corrected chi connectivity index (χ3v) is 4.88. The van der Waals surface area contributed by atoms with E-state index in [1.165, 1.54) is 25.7 Å². The van der Waals surface area contributed by atoms with Crippen LogP contribution in [0.1, 0.15) is 57.7 Å². The van der Waals surface area contributed by atoms with Crippen LogP contribution in [-0.2, 0) is 6.54 Å². The molecule has 19 heavy (non-hydrogen) atoms. The second-order valence-corrected chi connectivity index (χ2v) is 6.14. The Hall–Kier alpha value is -0.870. The Morgan fingerprint density at radius 1 is 1.47 bits per heavy atom. The van der Waals surface area contributed by atoms with Crippen molar-refractivity contribution >= 4 is 0 Å². The monoisotopic (exact) mass is 264 g/mol. The summed E-state index contributed by atoms with van der Waals surface area (Å²) in [6, 6.07) is 2.78. The van der Waals surface area contributed by atoms with Gasteiger partial charge in [-0.1, -0.05) is 19.8 Å². The van der Waals surface area contributed by atoms with Gasteiger partial charge in [0.2, 0.25) is 0 Å². The lowest BCUT2D eigenvalue weighted by Crippen LogP contribution is -2.48. The van der Waals surface area contributed by atoms with Crippen molar-refractivity contribution < 1.29 is 0 Å². The van der Waals surface area contributed by atoms with Crippen LogP contribution in [0.25, 0.3) is 0 Å². The Balaban J connectivity index is 1.99. The molecule has 1 fully saturated rings. The number of aromatic nitrogens is 2. The average molecular weight is 264 g/mol. The topological polar surface area (TPSA) is 47.1 Å². The fraction of sp³-hybridized carbons (Fsp3) is 0.800. The van der Waals surface area contributed by atoms with E-state index in [0.29, 0.717) is 12.6 Å². The molecule has 1 saturated carbocycles. The zero-order valence-electron chi connectivity index (χ0n) is 12.6. The molecule has 0 saturated heterocycles. The van der Waals surface area contributed by atoms with Crippen molar-refractivity contribution in [3.05, 3.63) is 18.0 Å². The van der Waals surface area contributed by atoms with Crippen molar-refractivity contribution in [1.29, 1.82) is 0 Å². The lowest BCUT2D eigenvalue weighted by Gasteiger charge is -2.36. The highest BCUT2D eigenvalue weighted by Crippen LogP contribution is 2.29. The maximum Gasteiger partial charge on any atom is 0.0764 e. The van der Waals surface area contributed by atoms with Gasteiger partial charge >= 0.3 is 0 Å². The fourth-order valence-electron chi connectivity index (χ4n) is 2.84. The Morgan fingerprint density at radius 3 is 2.74 bits per heavy atom. The molecule has 1 aliphatic rings. The minimum Gasteiger partial charge on any atom is -0.329 e. The first kappa shape index (κ1) is 14.5. The highest BCUT2D eigenvalue weighted by Gasteiger charge is 2.26. The quantitative estimate of drug-likeness (QED) is 0.859. The highest BCUT2D eigenvalue weighted by atomic mass is 15.3. The van der Waals surface area contributed by atoms with E-state index >= 15 is 0 Å². The van der Waals surface area contributed by atoms with E-state index in [1.807, 2.05) is 0 Å². The molecule has 1 aromatic rings. The second kappa shape index (κ2) is 6.06. The van der Waals surface area contributed by atoms with E-state index < -0.39 is 0 Å². The average Bonchev–Trinajstić information content (AvgIpc) is 3.07. The second-order valence-electron chi connectivity index (χ2n) is 6.14. The van der Waals surface area contributed by atoms with Crippen molar-refractivity contribution in [3.8, 4) is 0 Å². The normalized spacial score (nSPS) is 20.1. The van der Waals surface area contributed by atoms with E-state index in [1.54, 1.807) is 0 Å². The summed E-state index contributed by atoms with van der Waals surface area (Å²) >= 11 is 0. The molecule has 1 unspecified atom stereocenters. The molecule has 0 amide bonds. The number of rotatable bonds is 6. The van der Waals surface area contributed by atoms with Crippen LogP contribution in [-0.4, -0.2) is 33.8 Å². The molecular weight excluding hydrogens is 236 g/mol. The number of hydrogen-bond donors (Lipinski definition) is 1. The number of nitrogens with two attached hydrogens (primary N) is 1. The van der Waals surface area contributed by atoms with Crippen LogP contribution in [0.3, 0.4) is 0 Å². The summed E-state index contributed by atoms with van der Waals surface area (Å²) in [6.45, 7) is 5.98. The maximum absolute atomic E-state index is 5.91. The lowest BCUT2D eigenvalue weighted by atomic mass is 9.97. The van der Waals surface area contributed by atoms with Gasteiger partial charge < -0.3 is 5.73 Å². The molecule has 2 rings (SSSR count). The molecule has 0 spiro atoms. The van der Waals surface area contributed by atoms with Gasteiger partial charge in [0.25, 0.3) is 0 Å². The molecular formula is C15H28N4. The summed E-state index contributed by atoms with van der Waals surface area (Å²) in [5, 5.41) is 4.75. The predicted molar refractivity (Wildman–Crippen MR) is 78.9 cm³/mol. The first-order valence-electron chi connectivity index (χ1n) is 7.54. The number of likely N-dealkylation sites (N-methyl/N-ethyl adjacent to an activating group) is 1. The Morgan fingerprint density at radius 2 is 2.16 bits per heavy atom. The van der Waals surface area contributed by atoms with Crippen molar-refractivity contribution in [2.75, 3.05) is 13.6 Å². The van der Waals surface area contributed by atoms with Crippen LogP contribution in [0.15, 0.2) is 12.3 Å². The number of nitrogens with zero attached hydrogens (tertiary/aromatic N) is 3. The van der Waals surface area contributed by atoms with Gasteiger partial charge in [-0.05, 0) is 39.3 Å². The van der Waals surface area contributed by atoms with Gasteiger partial charge in [0.05, 0.1) is 11.7 Å². The third kappa shape index (κ3) is 3.18. The molecule has 1 heterocycles. The Kier molecular flexibility index (Phi) is 4.63. The molecule has 4 nitrogen and oxygen atoms in total. The molecule has 1 aromatic heterocycles. The summed E-state index contributed by atoms with van der Waals surface area (Å²) < 4.78 is 2.17. The van der Waals surface area contributed by atoms with Crippen molar-refractivity contribution in [3.63, 3.8) is 0 Å². The van der Waals surface area contributed by atoms with E-state index in [4.69, 9.17) is 10.8 Å². The van der Waals surface area contributed by atoms with Crippen LogP contribution in [0.2, 0.25) is 0 Å². The van der Waals surface area contributed by atoms with Gasteiger partial charge in [0, 0.05) is 24.8 Å². The minimum atomic E-state index is 0.0666. The van der Waals surface area contributed by atoms with Crippen LogP contribution in [0, 0.1) is 0 Å². The van der Waals surface area contributed by atoms with Gasteiger partial charge in [-0.15, -0.1) is 0 Å². The fourth-order valence-corrected chi connectivity index (χ4v) is 2.84. The highest BCUT2D eigenvalue weighted by molar-refractivity contribution is 5.01. The van der Waals surface area contributed by atoms with Gasteiger partial charge in [0.1, 0.15) is 0 Å². The molecule has 1 atom stereocenters. The molecule has 0 aromatic carbocycles. The zero-order chi connectivity index (χ0) is 13.9. The van der Waals surface area contributed by atoms with Crippen molar-refractivity contribution in [1.82, 2.24) is 14.7 Å². The lowest BCUT2D eigenvalue weighted by molar-refractivity contribution is 0.129. The first-order valence-corrected chi connectivity index (χ1v) is 7.54. The van der Waals surface area contributed by atoms with E-state index in [9.17, 15) is 0 Å². The number of hydrogen-bond acceptors (Lipinski definition) is 3. The summed E-state index contributed by atoms with van der Waals surface area (Å²) in [6.07, 6.45) is 8.47. The molecule has 0 aliphatic heterocycles. The summed E-state index contributed by atoms with van der Waals surface area (Å²) in [5.41, 5.74) is 7.13. The van der Waals surface area contributed by atoms with Crippen LogP contribution >= 0.6 is 0 Å². The van der Waals surface area contributed by atoms with E-state index in [-0.39, 0.29) is 5.54 Å². The molecule has 2 N–H and O–H groups in total. The van der Waals surface area contributed by atoms with Crippen LogP contribution in [0.4, 0.5) is 0 Å². The van der Waals surface area contributed by atoms with Crippen LogP contribution < -0.4 is 5.73 Å². The maximum atomic E-state index is 5.91.